The van der Waals surface area contributed by atoms with Crippen molar-refractivity contribution in [2.75, 3.05) is 39.8 Å². The summed E-state index contributed by atoms with van der Waals surface area (Å²) in [4.78, 5) is 4.94. The molecular weight excluding hydrogens is 202 g/mol. The maximum atomic E-state index is 9.36. The fourth-order valence-corrected chi connectivity index (χ4v) is 3.01. The normalized spacial score (nSPS) is 38.8. The number of likely N-dealkylation sites (N-methyl/N-ethyl adjacent to an activating group) is 1. The van der Waals surface area contributed by atoms with Crippen molar-refractivity contribution in [3.63, 3.8) is 0 Å². The predicted molar refractivity (Wildman–Crippen MR) is 65.3 cm³/mol. The van der Waals surface area contributed by atoms with Crippen LogP contribution in [0.2, 0.25) is 0 Å². The summed E-state index contributed by atoms with van der Waals surface area (Å²) in [6, 6.07) is 0.597. The lowest BCUT2D eigenvalue weighted by Crippen LogP contribution is -2.56. The van der Waals surface area contributed by atoms with Crippen molar-refractivity contribution in [3.05, 3.63) is 0 Å². The van der Waals surface area contributed by atoms with E-state index >= 15 is 0 Å². The Hall–Kier alpha value is -0.160. The molecule has 0 aromatic rings. The zero-order valence-electron chi connectivity index (χ0n) is 10.4. The molecule has 2 fully saturated rings. The first-order valence-electron chi connectivity index (χ1n) is 6.45. The monoisotopic (exact) mass is 227 g/mol. The summed E-state index contributed by atoms with van der Waals surface area (Å²) in [6.45, 7) is 4.77. The van der Waals surface area contributed by atoms with E-state index in [4.69, 9.17) is 5.73 Å². The van der Waals surface area contributed by atoms with Crippen LogP contribution in [0, 0.1) is 0 Å². The van der Waals surface area contributed by atoms with E-state index in [0.29, 0.717) is 6.04 Å². The highest BCUT2D eigenvalue weighted by molar-refractivity contribution is 4.94. The summed E-state index contributed by atoms with van der Waals surface area (Å²) >= 11 is 0. The average Bonchev–Trinajstić information content (AvgIpc) is 2.30. The van der Waals surface area contributed by atoms with Crippen LogP contribution in [0.5, 0.6) is 0 Å². The van der Waals surface area contributed by atoms with Gasteiger partial charge in [0.05, 0.1) is 6.61 Å². The lowest BCUT2D eigenvalue weighted by Gasteiger charge is -2.44. The van der Waals surface area contributed by atoms with Crippen LogP contribution < -0.4 is 5.73 Å². The molecule has 2 unspecified atom stereocenters. The fourth-order valence-electron chi connectivity index (χ4n) is 3.01. The van der Waals surface area contributed by atoms with Gasteiger partial charge < -0.3 is 15.7 Å². The van der Waals surface area contributed by atoms with E-state index in [1.165, 1.54) is 6.42 Å². The second-order valence-electron chi connectivity index (χ2n) is 5.61. The van der Waals surface area contributed by atoms with Crippen molar-refractivity contribution in [1.29, 1.82) is 0 Å². The van der Waals surface area contributed by atoms with Crippen molar-refractivity contribution in [2.24, 2.45) is 5.73 Å². The molecule has 0 amide bonds. The van der Waals surface area contributed by atoms with Crippen molar-refractivity contribution >= 4 is 0 Å². The molecule has 0 spiro atoms. The molecule has 1 aliphatic carbocycles. The minimum atomic E-state index is -0.313. The van der Waals surface area contributed by atoms with Gasteiger partial charge in [-0.05, 0) is 32.7 Å². The Morgan fingerprint density at radius 2 is 2.00 bits per heavy atom. The van der Waals surface area contributed by atoms with E-state index in [1.54, 1.807) is 0 Å². The second-order valence-corrected chi connectivity index (χ2v) is 5.61. The highest BCUT2D eigenvalue weighted by Crippen LogP contribution is 2.29. The van der Waals surface area contributed by atoms with Gasteiger partial charge in [-0.1, -0.05) is 0 Å². The molecule has 2 aliphatic rings. The van der Waals surface area contributed by atoms with E-state index < -0.39 is 0 Å². The fraction of sp³-hybridized carbons (Fsp3) is 1.00. The number of rotatable bonds is 2. The quantitative estimate of drug-likeness (QED) is 0.690. The molecule has 1 saturated carbocycles. The molecule has 4 heteroatoms. The Bertz CT molecular complexity index is 228. The number of aliphatic hydroxyl groups is 1. The Kier molecular flexibility index (Phi) is 3.85. The predicted octanol–water partition coefficient (Wildman–Crippen LogP) is -0.134. The Labute approximate surface area is 98.4 Å². The van der Waals surface area contributed by atoms with Crippen LogP contribution in [0.1, 0.15) is 25.7 Å². The van der Waals surface area contributed by atoms with Crippen LogP contribution in [-0.2, 0) is 0 Å². The molecule has 4 nitrogen and oxygen atoms in total. The van der Waals surface area contributed by atoms with Gasteiger partial charge in [0.15, 0.2) is 0 Å². The number of aliphatic hydroxyl groups excluding tert-OH is 1. The zero-order valence-corrected chi connectivity index (χ0v) is 10.4. The molecule has 0 aromatic carbocycles. The summed E-state index contributed by atoms with van der Waals surface area (Å²) in [5.74, 6) is 0. The maximum absolute atomic E-state index is 9.36. The lowest BCUT2D eigenvalue weighted by molar-refractivity contribution is 0.0520. The largest absolute Gasteiger partial charge is 0.394 e. The molecule has 0 bridgehead atoms. The van der Waals surface area contributed by atoms with Crippen molar-refractivity contribution in [2.45, 2.75) is 37.3 Å². The molecule has 94 valence electrons. The SMILES string of the molecule is CN1CCN(C2CCCC(N)(CO)C2)CC1. The standard InChI is InChI=1S/C12H25N3O/c1-14-5-7-15(8-6-14)11-3-2-4-12(13,9-11)10-16/h11,16H,2-10,13H2,1H3. The second kappa shape index (κ2) is 5.00. The van der Waals surface area contributed by atoms with E-state index in [9.17, 15) is 5.11 Å². The van der Waals surface area contributed by atoms with Crippen molar-refractivity contribution in [1.82, 2.24) is 9.80 Å². The topological polar surface area (TPSA) is 52.7 Å². The van der Waals surface area contributed by atoms with Gasteiger partial charge in [0.2, 0.25) is 0 Å². The van der Waals surface area contributed by atoms with Gasteiger partial charge in [-0.2, -0.15) is 0 Å². The Morgan fingerprint density at radius 1 is 1.31 bits per heavy atom. The van der Waals surface area contributed by atoms with Gasteiger partial charge in [0.25, 0.3) is 0 Å². The molecule has 3 N–H and O–H groups in total. The zero-order chi connectivity index (χ0) is 11.6. The average molecular weight is 227 g/mol. The van der Waals surface area contributed by atoms with Crippen LogP contribution in [0.4, 0.5) is 0 Å². The number of nitrogens with two attached hydrogens (primary N) is 1. The van der Waals surface area contributed by atoms with Gasteiger partial charge in [-0.15, -0.1) is 0 Å². The molecule has 0 radical (unpaired) electrons. The maximum Gasteiger partial charge on any atom is 0.0611 e. The highest BCUT2D eigenvalue weighted by Gasteiger charge is 2.35. The molecule has 16 heavy (non-hydrogen) atoms. The van der Waals surface area contributed by atoms with E-state index in [-0.39, 0.29) is 12.1 Å². The Morgan fingerprint density at radius 3 is 2.62 bits per heavy atom. The van der Waals surface area contributed by atoms with Crippen molar-refractivity contribution in [3.8, 4) is 0 Å². The first-order chi connectivity index (χ1) is 7.63. The van der Waals surface area contributed by atoms with Gasteiger partial charge in [0, 0.05) is 37.8 Å². The van der Waals surface area contributed by atoms with Gasteiger partial charge in [-0.25, -0.2) is 0 Å². The van der Waals surface area contributed by atoms with E-state index in [0.717, 1.165) is 45.4 Å². The third-order valence-corrected chi connectivity index (χ3v) is 4.22. The molecular formula is C12H25N3O. The van der Waals surface area contributed by atoms with E-state index in [2.05, 4.69) is 16.8 Å². The molecule has 1 saturated heterocycles. The van der Waals surface area contributed by atoms with Gasteiger partial charge in [-0.3, -0.25) is 4.90 Å². The van der Waals surface area contributed by atoms with Gasteiger partial charge in [0.1, 0.15) is 0 Å². The third kappa shape index (κ3) is 2.74. The summed E-state index contributed by atoms with van der Waals surface area (Å²) in [5.41, 5.74) is 5.88. The summed E-state index contributed by atoms with van der Waals surface area (Å²) in [7, 11) is 2.18. The van der Waals surface area contributed by atoms with Crippen LogP contribution in [0.3, 0.4) is 0 Å². The van der Waals surface area contributed by atoms with Crippen LogP contribution in [0.15, 0.2) is 0 Å². The number of hydrogen-bond acceptors (Lipinski definition) is 4. The van der Waals surface area contributed by atoms with Crippen LogP contribution in [0.25, 0.3) is 0 Å². The molecule has 2 rings (SSSR count). The molecule has 0 aromatic heterocycles. The molecule has 2 atom stereocenters. The first kappa shape index (κ1) is 12.3. The third-order valence-electron chi connectivity index (χ3n) is 4.22. The molecule has 1 heterocycles. The minimum Gasteiger partial charge on any atom is -0.394 e. The molecule has 1 aliphatic heterocycles. The summed E-state index contributed by atoms with van der Waals surface area (Å²) in [6.07, 6.45) is 4.36. The first-order valence-corrected chi connectivity index (χ1v) is 6.45. The number of hydrogen-bond donors (Lipinski definition) is 2. The van der Waals surface area contributed by atoms with E-state index in [1.807, 2.05) is 0 Å². The number of piperazine rings is 1. The highest BCUT2D eigenvalue weighted by atomic mass is 16.3. The Balaban J connectivity index is 1.89. The van der Waals surface area contributed by atoms with Crippen LogP contribution >= 0.6 is 0 Å². The summed E-state index contributed by atoms with van der Waals surface area (Å²) in [5, 5.41) is 9.36. The van der Waals surface area contributed by atoms with Crippen LogP contribution in [-0.4, -0.2) is 66.3 Å². The summed E-state index contributed by atoms with van der Waals surface area (Å²) < 4.78 is 0. The van der Waals surface area contributed by atoms with Crippen molar-refractivity contribution < 1.29 is 5.11 Å². The number of nitrogens with zero attached hydrogens (tertiary/aromatic N) is 2. The smallest absolute Gasteiger partial charge is 0.0611 e. The van der Waals surface area contributed by atoms with Gasteiger partial charge >= 0.3 is 0 Å². The lowest BCUT2D eigenvalue weighted by atomic mass is 9.79. The minimum absolute atomic E-state index is 0.136.